The molecule has 0 amide bonds. The minimum Gasteiger partial charge on any atom is -0.381 e. The molecule has 3 aliphatic heterocycles. The lowest BCUT2D eigenvalue weighted by Crippen LogP contribution is -2.59. The second-order valence-corrected chi connectivity index (χ2v) is 9.46. The molecular formula is C23H27F3N8O. The maximum absolute atomic E-state index is 13.3. The van der Waals surface area contributed by atoms with Crippen LogP contribution in [-0.2, 0) is 10.9 Å². The fraction of sp³-hybridized carbons (Fsp3) is 0.522. The molecule has 0 aliphatic carbocycles. The summed E-state index contributed by atoms with van der Waals surface area (Å²) in [5.74, 6) is 2.19. The Bertz CT molecular complexity index is 1190. The van der Waals surface area contributed by atoms with Gasteiger partial charge in [0.25, 0.3) is 0 Å². The van der Waals surface area contributed by atoms with Gasteiger partial charge in [-0.25, -0.2) is 15.0 Å². The number of nitrogens with one attached hydrogen (secondary N) is 2. The van der Waals surface area contributed by atoms with E-state index in [-0.39, 0.29) is 0 Å². The Labute approximate surface area is 200 Å². The number of fused-ring (bicyclic) bond motifs is 1. The van der Waals surface area contributed by atoms with Gasteiger partial charge in [-0.3, -0.25) is 20.2 Å². The van der Waals surface area contributed by atoms with E-state index in [0.29, 0.717) is 35.0 Å². The van der Waals surface area contributed by atoms with Crippen molar-refractivity contribution in [2.45, 2.75) is 12.2 Å². The molecule has 0 aromatic carbocycles. The van der Waals surface area contributed by atoms with Gasteiger partial charge < -0.3 is 9.64 Å². The molecule has 3 saturated heterocycles. The van der Waals surface area contributed by atoms with E-state index in [0.717, 1.165) is 70.6 Å². The highest BCUT2D eigenvalue weighted by atomic mass is 19.4. The van der Waals surface area contributed by atoms with E-state index in [1.54, 1.807) is 6.20 Å². The number of piperazine rings is 1. The summed E-state index contributed by atoms with van der Waals surface area (Å²) in [6, 6.07) is 4.61. The van der Waals surface area contributed by atoms with Crippen molar-refractivity contribution in [1.29, 1.82) is 0 Å². The number of hydrogen-bond acceptors (Lipinski definition) is 8. The minimum atomic E-state index is -4.44. The van der Waals surface area contributed by atoms with Gasteiger partial charge in [-0.05, 0) is 18.2 Å². The van der Waals surface area contributed by atoms with Gasteiger partial charge in [0.05, 0.1) is 25.0 Å². The van der Waals surface area contributed by atoms with Crippen LogP contribution in [0.25, 0.3) is 17.2 Å². The summed E-state index contributed by atoms with van der Waals surface area (Å²) in [6.07, 6.45) is -0.211. The summed E-state index contributed by atoms with van der Waals surface area (Å²) in [4.78, 5) is 18.2. The molecule has 3 aliphatic rings. The van der Waals surface area contributed by atoms with E-state index in [1.165, 1.54) is 16.7 Å². The van der Waals surface area contributed by atoms with Crippen LogP contribution in [0.1, 0.15) is 5.56 Å². The van der Waals surface area contributed by atoms with E-state index < -0.39 is 11.7 Å². The quantitative estimate of drug-likeness (QED) is 0.562. The summed E-state index contributed by atoms with van der Waals surface area (Å²) >= 11 is 0. The minimum absolute atomic E-state index is 0.351. The Morgan fingerprint density at radius 1 is 1.06 bits per heavy atom. The Hall–Kier alpha value is -2.80. The molecule has 12 heteroatoms. The van der Waals surface area contributed by atoms with Crippen molar-refractivity contribution in [1.82, 2.24) is 35.1 Å². The molecule has 3 aromatic rings. The third-order valence-corrected chi connectivity index (χ3v) is 7.16. The van der Waals surface area contributed by atoms with Crippen LogP contribution < -0.4 is 15.8 Å². The molecular weight excluding hydrogens is 461 g/mol. The first-order chi connectivity index (χ1) is 17.0. The molecule has 3 aromatic heterocycles. The first-order valence-corrected chi connectivity index (χ1v) is 11.9. The maximum atomic E-state index is 13.3. The topological polar surface area (TPSA) is 82.9 Å². The fourth-order valence-corrected chi connectivity index (χ4v) is 5.16. The zero-order chi connectivity index (χ0) is 24.0. The van der Waals surface area contributed by atoms with Gasteiger partial charge in [0, 0.05) is 69.5 Å². The van der Waals surface area contributed by atoms with Crippen molar-refractivity contribution in [3.8, 4) is 11.5 Å². The number of hydrogen-bond donors (Lipinski definition) is 2. The molecule has 6 heterocycles. The molecule has 0 radical (unpaired) electrons. The van der Waals surface area contributed by atoms with Crippen LogP contribution in [0.4, 0.5) is 19.0 Å². The van der Waals surface area contributed by atoms with Crippen LogP contribution >= 0.6 is 0 Å². The summed E-state index contributed by atoms with van der Waals surface area (Å²) in [5, 5.41) is 0. The molecule has 35 heavy (non-hydrogen) atoms. The third-order valence-electron chi connectivity index (χ3n) is 7.16. The van der Waals surface area contributed by atoms with Crippen LogP contribution in [0.5, 0.6) is 0 Å². The molecule has 186 valence electrons. The number of aromatic nitrogens is 4. The monoisotopic (exact) mass is 488 g/mol. The van der Waals surface area contributed by atoms with Gasteiger partial charge in [-0.15, -0.1) is 0 Å². The first kappa shape index (κ1) is 22.7. The lowest BCUT2D eigenvalue weighted by atomic mass is 9.94. The zero-order valence-corrected chi connectivity index (χ0v) is 19.1. The summed E-state index contributed by atoms with van der Waals surface area (Å²) in [7, 11) is 0. The lowest BCUT2D eigenvalue weighted by Gasteiger charge is -2.46. The van der Waals surface area contributed by atoms with Gasteiger partial charge in [-0.2, -0.15) is 13.2 Å². The number of halogens is 3. The van der Waals surface area contributed by atoms with Gasteiger partial charge in [0.15, 0.2) is 5.82 Å². The molecule has 1 atom stereocenters. The Balaban J connectivity index is 1.27. The van der Waals surface area contributed by atoms with E-state index >= 15 is 0 Å². The maximum Gasteiger partial charge on any atom is 0.417 e. The van der Waals surface area contributed by atoms with E-state index in [9.17, 15) is 13.2 Å². The predicted octanol–water partition coefficient (Wildman–Crippen LogP) is 1.67. The number of imidazole rings is 1. The lowest BCUT2D eigenvalue weighted by molar-refractivity contribution is -0.137. The van der Waals surface area contributed by atoms with E-state index in [2.05, 4.69) is 30.6 Å². The van der Waals surface area contributed by atoms with E-state index in [1.807, 2.05) is 6.07 Å². The summed E-state index contributed by atoms with van der Waals surface area (Å²) in [6.45, 7) is 7.08. The Kier molecular flexibility index (Phi) is 5.83. The number of alkyl halides is 3. The molecule has 9 nitrogen and oxygen atoms in total. The first-order valence-electron chi connectivity index (χ1n) is 11.9. The zero-order valence-electron chi connectivity index (χ0n) is 19.1. The SMILES string of the molecule is FC(F)(F)c1ccc2ncc(-c3nccc(N4CCN(CC5COC5)C(C5CNNC5)C4)n3)n2c1. The average Bonchev–Trinajstić information content (AvgIpc) is 3.51. The normalized spacial score (nSPS) is 22.7. The number of anilines is 1. The largest absolute Gasteiger partial charge is 0.417 e. The van der Waals surface area contributed by atoms with Crippen molar-refractivity contribution in [3.63, 3.8) is 0 Å². The standard InChI is InChI=1S/C23H27F3N8O/c24-23(25,26)17-1-2-20-28-9-18(34(20)11-17)22-27-4-3-21(31-22)33-6-5-32(10-15-13-35-14-15)19(12-33)16-7-29-30-8-16/h1-4,9,11,15-16,19,29-30H,5-8,10,12-14H2. The highest BCUT2D eigenvalue weighted by molar-refractivity contribution is 5.59. The Morgan fingerprint density at radius 2 is 1.89 bits per heavy atom. The van der Waals surface area contributed by atoms with Crippen LogP contribution in [0.3, 0.4) is 0 Å². The van der Waals surface area contributed by atoms with Gasteiger partial charge in [0.2, 0.25) is 0 Å². The number of pyridine rings is 1. The van der Waals surface area contributed by atoms with Gasteiger partial charge >= 0.3 is 6.18 Å². The summed E-state index contributed by atoms with van der Waals surface area (Å²) < 4.78 is 46.6. The second kappa shape index (κ2) is 9.01. The van der Waals surface area contributed by atoms with E-state index in [4.69, 9.17) is 9.72 Å². The molecule has 2 N–H and O–H groups in total. The molecule has 0 saturated carbocycles. The predicted molar refractivity (Wildman–Crippen MR) is 123 cm³/mol. The third kappa shape index (κ3) is 4.46. The van der Waals surface area contributed by atoms with Crippen molar-refractivity contribution < 1.29 is 17.9 Å². The molecule has 0 bridgehead atoms. The van der Waals surface area contributed by atoms with Crippen LogP contribution in [0, 0.1) is 11.8 Å². The van der Waals surface area contributed by atoms with Gasteiger partial charge in [-0.1, -0.05) is 0 Å². The van der Waals surface area contributed by atoms with Crippen molar-refractivity contribution >= 4 is 11.5 Å². The average molecular weight is 489 g/mol. The Morgan fingerprint density at radius 3 is 2.63 bits per heavy atom. The molecule has 6 rings (SSSR count). The van der Waals surface area contributed by atoms with Crippen molar-refractivity contribution in [2.24, 2.45) is 11.8 Å². The molecule has 3 fully saturated rings. The number of rotatable bonds is 5. The highest BCUT2D eigenvalue weighted by Gasteiger charge is 2.37. The van der Waals surface area contributed by atoms with Gasteiger partial charge in [0.1, 0.15) is 17.2 Å². The number of ether oxygens (including phenoxy) is 1. The summed E-state index contributed by atoms with van der Waals surface area (Å²) in [5.41, 5.74) is 6.60. The number of hydrazine groups is 1. The molecule has 1 unspecified atom stereocenters. The van der Waals surface area contributed by atoms with Crippen molar-refractivity contribution in [2.75, 3.05) is 57.4 Å². The molecule has 0 spiro atoms. The smallest absolute Gasteiger partial charge is 0.381 e. The van der Waals surface area contributed by atoms with Crippen molar-refractivity contribution in [3.05, 3.63) is 42.4 Å². The fourth-order valence-electron chi connectivity index (χ4n) is 5.16. The second-order valence-electron chi connectivity index (χ2n) is 9.46. The highest BCUT2D eigenvalue weighted by Crippen LogP contribution is 2.31. The van der Waals surface area contributed by atoms with Crippen LogP contribution in [0.2, 0.25) is 0 Å². The number of nitrogens with zero attached hydrogens (tertiary/aromatic N) is 6. The van der Waals surface area contributed by atoms with Crippen LogP contribution in [0.15, 0.2) is 36.8 Å². The van der Waals surface area contributed by atoms with Crippen LogP contribution in [-0.4, -0.2) is 82.8 Å².